The highest BCUT2D eigenvalue weighted by Gasteiger charge is 2.61. The van der Waals surface area contributed by atoms with Gasteiger partial charge in [0.1, 0.15) is 0 Å². The number of hydrogen-bond acceptors (Lipinski definition) is 6. The van der Waals surface area contributed by atoms with Crippen molar-refractivity contribution in [2.75, 3.05) is 5.32 Å². The molecular weight excluding hydrogens is 508 g/mol. The molecular formula is C16H10F12N4O2. The van der Waals surface area contributed by atoms with E-state index in [0.717, 1.165) is 0 Å². The molecule has 6 nitrogen and oxygen atoms in total. The molecule has 0 fully saturated rings. The van der Waals surface area contributed by atoms with Crippen molar-refractivity contribution >= 4 is 5.95 Å². The third-order valence-electron chi connectivity index (χ3n) is 3.52. The minimum atomic E-state index is -6.09. The van der Waals surface area contributed by atoms with E-state index in [4.69, 9.17) is 0 Å². The van der Waals surface area contributed by atoms with Crippen LogP contribution >= 0.6 is 0 Å². The molecule has 0 saturated heterocycles. The molecule has 1 N–H and O–H groups in total. The average Bonchev–Trinajstić information content (AvgIpc) is 2.66. The summed E-state index contributed by atoms with van der Waals surface area (Å²) in [6, 6.07) is 3.74. The van der Waals surface area contributed by atoms with Crippen molar-refractivity contribution < 1.29 is 62.2 Å². The maximum absolute atomic E-state index is 12.7. The van der Waals surface area contributed by atoms with Crippen molar-refractivity contribution in [2.45, 2.75) is 43.5 Å². The van der Waals surface area contributed by atoms with E-state index in [1.54, 1.807) is 6.07 Å². The van der Waals surface area contributed by atoms with E-state index in [1.807, 2.05) is 0 Å². The minimum absolute atomic E-state index is 0.298. The van der Waals surface area contributed by atoms with Crippen LogP contribution < -0.4 is 14.8 Å². The van der Waals surface area contributed by atoms with Gasteiger partial charge >= 0.3 is 36.7 Å². The van der Waals surface area contributed by atoms with Gasteiger partial charge in [-0.2, -0.15) is 62.7 Å². The fourth-order valence-electron chi connectivity index (χ4n) is 2.15. The number of benzene rings is 1. The van der Waals surface area contributed by atoms with E-state index in [-0.39, 0.29) is 6.54 Å². The van der Waals surface area contributed by atoms with Gasteiger partial charge in [0.05, 0.1) is 0 Å². The van der Waals surface area contributed by atoms with Crippen LogP contribution in [0.1, 0.15) is 5.56 Å². The third-order valence-corrected chi connectivity index (χ3v) is 3.52. The molecule has 2 rings (SSSR count). The van der Waals surface area contributed by atoms with E-state index in [0.29, 0.717) is 5.56 Å². The van der Waals surface area contributed by atoms with Crippen LogP contribution in [0, 0.1) is 0 Å². The number of halogens is 12. The SMILES string of the molecule is FC(F)(F)C(Oc1nc(NCc2ccccc2)nc(OC(C(F)(F)F)C(F)(F)F)n1)C(F)(F)F. The largest absolute Gasteiger partial charge is 0.440 e. The van der Waals surface area contributed by atoms with Crippen molar-refractivity contribution in [3.8, 4) is 12.0 Å². The molecule has 190 valence electrons. The Morgan fingerprint density at radius 3 is 1.35 bits per heavy atom. The van der Waals surface area contributed by atoms with E-state index in [2.05, 4.69) is 29.7 Å². The Bertz CT molecular complexity index is 864. The molecule has 0 aliphatic carbocycles. The van der Waals surface area contributed by atoms with Crippen molar-refractivity contribution in [3.63, 3.8) is 0 Å². The lowest BCUT2D eigenvalue weighted by molar-refractivity contribution is -0.302. The lowest BCUT2D eigenvalue weighted by atomic mass is 10.2. The normalized spacial score (nSPS) is 13.4. The topological polar surface area (TPSA) is 69.2 Å². The van der Waals surface area contributed by atoms with Gasteiger partial charge in [-0.25, -0.2) is 0 Å². The number of anilines is 1. The average molecular weight is 518 g/mol. The quantitative estimate of drug-likeness (QED) is 0.507. The van der Waals surface area contributed by atoms with Crippen LogP contribution in [0.4, 0.5) is 58.6 Å². The zero-order valence-corrected chi connectivity index (χ0v) is 15.9. The van der Waals surface area contributed by atoms with Crippen LogP contribution in [-0.2, 0) is 6.54 Å². The first-order valence-electron chi connectivity index (χ1n) is 8.51. The summed E-state index contributed by atoms with van der Waals surface area (Å²) in [5.74, 6) is -1.03. The Balaban J connectivity index is 2.45. The molecule has 1 heterocycles. The minimum Gasteiger partial charge on any atom is -0.440 e. The van der Waals surface area contributed by atoms with Gasteiger partial charge in [0.25, 0.3) is 12.2 Å². The molecule has 0 atom stereocenters. The maximum Gasteiger partial charge on any atom is 0.434 e. The van der Waals surface area contributed by atoms with E-state index >= 15 is 0 Å². The lowest BCUT2D eigenvalue weighted by Crippen LogP contribution is -2.47. The molecule has 0 radical (unpaired) electrons. The Labute approximate surface area is 180 Å². The molecule has 0 amide bonds. The highest BCUT2D eigenvalue weighted by Crippen LogP contribution is 2.38. The monoisotopic (exact) mass is 518 g/mol. The third kappa shape index (κ3) is 7.68. The Morgan fingerprint density at radius 2 is 1.00 bits per heavy atom. The predicted octanol–water partition coefficient (Wildman–Crippen LogP) is 5.23. The van der Waals surface area contributed by atoms with Gasteiger partial charge in [-0.3, -0.25) is 0 Å². The van der Waals surface area contributed by atoms with Gasteiger partial charge < -0.3 is 14.8 Å². The summed E-state index contributed by atoms with van der Waals surface area (Å²) < 4.78 is 160. The van der Waals surface area contributed by atoms with Gasteiger partial charge in [-0.1, -0.05) is 30.3 Å². The highest BCUT2D eigenvalue weighted by molar-refractivity contribution is 5.30. The molecule has 1 aromatic carbocycles. The van der Waals surface area contributed by atoms with E-state index < -0.39 is 54.9 Å². The second-order valence-corrected chi connectivity index (χ2v) is 6.23. The molecule has 0 aliphatic rings. The standard InChI is InChI=1S/C16H10F12N4O2/c17-13(18,19)8(14(20,21)22)33-11-30-10(29-6-7-4-2-1-3-5-7)31-12(32-11)34-9(15(23,24)25)16(26,27)28/h1-5,8-9H,6H2,(H,29,30,31,32). The number of hydrogen-bond donors (Lipinski definition) is 1. The zero-order chi connectivity index (χ0) is 25.9. The first-order chi connectivity index (χ1) is 15.4. The molecule has 34 heavy (non-hydrogen) atoms. The van der Waals surface area contributed by atoms with Crippen LogP contribution in [-0.4, -0.2) is 51.9 Å². The Kier molecular flexibility index (Phi) is 7.61. The number of aromatic nitrogens is 3. The van der Waals surface area contributed by atoms with Gasteiger partial charge in [-0.15, -0.1) is 4.98 Å². The van der Waals surface area contributed by atoms with Crippen LogP contribution in [0.15, 0.2) is 30.3 Å². The van der Waals surface area contributed by atoms with Gasteiger partial charge in [0.15, 0.2) is 0 Å². The molecule has 0 spiro atoms. The van der Waals surface area contributed by atoms with Crippen molar-refractivity contribution in [1.82, 2.24) is 15.0 Å². The molecule has 0 bridgehead atoms. The second kappa shape index (κ2) is 9.57. The predicted molar refractivity (Wildman–Crippen MR) is 86.6 cm³/mol. The molecule has 1 aromatic heterocycles. The van der Waals surface area contributed by atoms with Crippen LogP contribution in [0.5, 0.6) is 12.0 Å². The molecule has 0 saturated carbocycles. The zero-order valence-electron chi connectivity index (χ0n) is 15.9. The highest BCUT2D eigenvalue weighted by atomic mass is 19.4. The summed E-state index contributed by atoms with van der Waals surface area (Å²) in [6.45, 7) is -0.298. The summed E-state index contributed by atoms with van der Waals surface area (Å²) in [6.07, 6.45) is -33.5. The Hall–Kier alpha value is -3.21. The summed E-state index contributed by atoms with van der Waals surface area (Å²) >= 11 is 0. The number of alkyl halides is 12. The summed E-state index contributed by atoms with van der Waals surface area (Å²) in [4.78, 5) is 8.71. The summed E-state index contributed by atoms with van der Waals surface area (Å²) in [5.41, 5.74) is 0.416. The van der Waals surface area contributed by atoms with Crippen molar-refractivity contribution in [3.05, 3.63) is 35.9 Å². The van der Waals surface area contributed by atoms with Crippen LogP contribution in [0.25, 0.3) is 0 Å². The smallest absolute Gasteiger partial charge is 0.434 e. The molecule has 0 aliphatic heterocycles. The number of rotatable bonds is 7. The molecule has 2 aromatic rings. The van der Waals surface area contributed by atoms with Crippen molar-refractivity contribution in [2.24, 2.45) is 0 Å². The molecule has 18 heteroatoms. The number of nitrogens with one attached hydrogen (secondary N) is 1. The van der Waals surface area contributed by atoms with Crippen molar-refractivity contribution in [1.29, 1.82) is 0 Å². The van der Waals surface area contributed by atoms with E-state index in [1.165, 1.54) is 24.3 Å². The molecule has 0 unspecified atom stereocenters. The fraction of sp³-hybridized carbons (Fsp3) is 0.438. The first-order valence-corrected chi connectivity index (χ1v) is 8.51. The number of ether oxygens (including phenoxy) is 2. The second-order valence-electron chi connectivity index (χ2n) is 6.23. The first kappa shape index (κ1) is 27.0. The fourth-order valence-corrected chi connectivity index (χ4v) is 2.15. The van der Waals surface area contributed by atoms with Gasteiger partial charge in [0.2, 0.25) is 5.95 Å². The lowest BCUT2D eigenvalue weighted by Gasteiger charge is -2.24. The number of nitrogens with zero attached hydrogens (tertiary/aromatic N) is 3. The van der Waals surface area contributed by atoms with Gasteiger partial charge in [0, 0.05) is 6.54 Å². The summed E-state index contributed by atoms with van der Waals surface area (Å²) in [5, 5.41) is 2.20. The van der Waals surface area contributed by atoms with Gasteiger partial charge in [-0.05, 0) is 5.56 Å². The summed E-state index contributed by atoms with van der Waals surface area (Å²) in [7, 11) is 0. The maximum atomic E-state index is 12.7. The van der Waals surface area contributed by atoms with Crippen LogP contribution in [0.3, 0.4) is 0 Å². The Morgan fingerprint density at radius 1 is 0.618 bits per heavy atom. The van der Waals surface area contributed by atoms with Crippen LogP contribution in [0.2, 0.25) is 0 Å². The van der Waals surface area contributed by atoms with E-state index in [9.17, 15) is 52.7 Å².